The van der Waals surface area contributed by atoms with E-state index in [9.17, 15) is 13.2 Å². The standard InChI is InChI=1S/C22H26N6O4S/c1-2-32-18-9-11-19(12-10-18)33(30,31)27-17-8-6-7-16(15-17)20(29)23-21-24-22(26-25-21)28-13-4-3-5-14-28/h6-12,15,27H,2-5,13-14H2,1H3,(H2,23,24,25,26,29). The third kappa shape index (κ3) is 5.61. The highest BCUT2D eigenvalue weighted by Crippen LogP contribution is 2.21. The molecule has 0 saturated carbocycles. The van der Waals surface area contributed by atoms with Crippen LogP contribution in [-0.4, -0.2) is 49.2 Å². The molecule has 33 heavy (non-hydrogen) atoms. The lowest BCUT2D eigenvalue weighted by Crippen LogP contribution is -2.30. The third-order valence-electron chi connectivity index (χ3n) is 5.17. The quantitative estimate of drug-likeness (QED) is 0.461. The topological polar surface area (TPSA) is 129 Å². The van der Waals surface area contributed by atoms with Crippen molar-refractivity contribution in [3.63, 3.8) is 0 Å². The molecule has 2 aromatic carbocycles. The van der Waals surface area contributed by atoms with Crippen LogP contribution < -0.4 is 19.7 Å². The summed E-state index contributed by atoms with van der Waals surface area (Å²) in [5.41, 5.74) is 0.543. The minimum Gasteiger partial charge on any atom is -0.494 e. The molecule has 0 aliphatic carbocycles. The van der Waals surface area contributed by atoms with Gasteiger partial charge in [0, 0.05) is 24.3 Å². The molecular weight excluding hydrogens is 444 g/mol. The predicted octanol–water partition coefficient (Wildman–Crippen LogP) is 3.25. The molecule has 3 aromatic rings. The van der Waals surface area contributed by atoms with Gasteiger partial charge in [-0.2, -0.15) is 4.98 Å². The van der Waals surface area contributed by atoms with Gasteiger partial charge in [0.2, 0.25) is 11.9 Å². The van der Waals surface area contributed by atoms with Gasteiger partial charge in [-0.3, -0.25) is 14.8 Å². The molecular formula is C22H26N6O4S. The van der Waals surface area contributed by atoms with E-state index in [4.69, 9.17) is 4.74 Å². The number of anilines is 3. The Labute approximate surface area is 192 Å². The highest BCUT2D eigenvalue weighted by Gasteiger charge is 2.18. The lowest BCUT2D eigenvalue weighted by Gasteiger charge is -2.24. The van der Waals surface area contributed by atoms with Crippen LogP contribution in [0.15, 0.2) is 53.4 Å². The highest BCUT2D eigenvalue weighted by molar-refractivity contribution is 7.92. The number of ether oxygens (including phenoxy) is 1. The zero-order valence-corrected chi connectivity index (χ0v) is 19.1. The first-order valence-corrected chi connectivity index (χ1v) is 12.3. The Bertz CT molecular complexity index is 1200. The number of carbonyl (C=O) groups is 1. The van der Waals surface area contributed by atoms with Crippen LogP contribution in [0.3, 0.4) is 0 Å². The van der Waals surface area contributed by atoms with Gasteiger partial charge in [-0.25, -0.2) is 13.5 Å². The van der Waals surface area contributed by atoms with Crippen LogP contribution in [0.5, 0.6) is 5.75 Å². The van der Waals surface area contributed by atoms with E-state index >= 15 is 0 Å². The van der Waals surface area contributed by atoms with Gasteiger partial charge in [0.05, 0.1) is 11.5 Å². The van der Waals surface area contributed by atoms with Crippen molar-refractivity contribution < 1.29 is 17.9 Å². The van der Waals surface area contributed by atoms with Crippen molar-refractivity contribution in [2.75, 3.05) is 34.6 Å². The first kappa shape index (κ1) is 22.6. The molecule has 0 radical (unpaired) electrons. The number of rotatable bonds is 8. The molecule has 1 amide bonds. The second-order valence-corrected chi connectivity index (χ2v) is 9.26. The maximum absolute atomic E-state index is 12.7. The summed E-state index contributed by atoms with van der Waals surface area (Å²) in [7, 11) is -3.83. The Balaban J connectivity index is 1.42. The molecule has 1 aliphatic rings. The fraction of sp³-hybridized carbons (Fsp3) is 0.318. The van der Waals surface area contributed by atoms with Gasteiger partial charge in [-0.15, -0.1) is 5.10 Å². The molecule has 11 heteroatoms. The van der Waals surface area contributed by atoms with E-state index < -0.39 is 15.9 Å². The van der Waals surface area contributed by atoms with Gasteiger partial charge < -0.3 is 9.64 Å². The Morgan fingerprint density at radius 3 is 2.61 bits per heavy atom. The average Bonchev–Trinajstić information content (AvgIpc) is 3.29. The van der Waals surface area contributed by atoms with Gasteiger partial charge in [-0.05, 0) is 68.7 Å². The van der Waals surface area contributed by atoms with Crippen molar-refractivity contribution in [3.8, 4) is 5.75 Å². The first-order chi connectivity index (χ1) is 15.9. The molecule has 10 nitrogen and oxygen atoms in total. The number of benzene rings is 2. The average molecular weight is 471 g/mol. The normalized spacial score (nSPS) is 14.0. The molecule has 0 spiro atoms. The summed E-state index contributed by atoms with van der Waals surface area (Å²) >= 11 is 0. The molecule has 3 N–H and O–H groups in total. The number of carbonyl (C=O) groups excluding carboxylic acids is 1. The van der Waals surface area contributed by atoms with Crippen molar-refractivity contribution in [2.45, 2.75) is 31.1 Å². The number of H-pyrrole nitrogens is 1. The minimum atomic E-state index is -3.83. The summed E-state index contributed by atoms with van der Waals surface area (Å²) in [6, 6.07) is 12.3. The second-order valence-electron chi connectivity index (χ2n) is 7.58. The molecule has 1 saturated heterocycles. The highest BCUT2D eigenvalue weighted by atomic mass is 32.2. The largest absolute Gasteiger partial charge is 0.494 e. The van der Waals surface area contributed by atoms with Crippen LogP contribution in [-0.2, 0) is 10.0 Å². The molecule has 0 bridgehead atoms. The van der Waals surface area contributed by atoms with Gasteiger partial charge in [0.25, 0.3) is 15.9 Å². The van der Waals surface area contributed by atoms with Crippen LogP contribution in [0.25, 0.3) is 0 Å². The van der Waals surface area contributed by atoms with Crippen molar-refractivity contribution in [1.82, 2.24) is 15.2 Å². The zero-order valence-electron chi connectivity index (χ0n) is 18.2. The molecule has 0 unspecified atom stereocenters. The van der Waals surface area contributed by atoms with E-state index in [1.165, 1.54) is 24.6 Å². The van der Waals surface area contributed by atoms with E-state index in [0.717, 1.165) is 25.9 Å². The summed E-state index contributed by atoms with van der Waals surface area (Å²) in [6.45, 7) is 4.13. The van der Waals surface area contributed by atoms with E-state index in [1.807, 2.05) is 6.92 Å². The summed E-state index contributed by atoms with van der Waals surface area (Å²) in [6.07, 6.45) is 3.38. The molecule has 2 heterocycles. The number of sulfonamides is 1. The molecule has 1 aromatic heterocycles. The van der Waals surface area contributed by atoms with Crippen molar-refractivity contribution >= 4 is 33.5 Å². The number of nitrogens with zero attached hydrogens (tertiary/aromatic N) is 3. The summed E-state index contributed by atoms with van der Waals surface area (Å²) in [5.74, 6) is 0.951. The van der Waals surface area contributed by atoms with E-state index in [1.54, 1.807) is 30.3 Å². The fourth-order valence-electron chi connectivity index (χ4n) is 3.54. The monoisotopic (exact) mass is 470 g/mol. The molecule has 0 atom stereocenters. The van der Waals surface area contributed by atoms with Crippen LogP contribution in [0.4, 0.5) is 17.6 Å². The first-order valence-electron chi connectivity index (χ1n) is 10.8. The third-order valence-corrected chi connectivity index (χ3v) is 6.56. The summed E-state index contributed by atoms with van der Waals surface area (Å²) < 4.78 is 33.3. The maximum atomic E-state index is 12.7. The maximum Gasteiger partial charge on any atom is 0.261 e. The molecule has 1 fully saturated rings. The number of aromatic nitrogens is 3. The Hall–Kier alpha value is -3.60. The minimum absolute atomic E-state index is 0.0905. The van der Waals surface area contributed by atoms with Gasteiger partial charge >= 0.3 is 0 Å². The Kier molecular flexibility index (Phi) is 6.78. The summed E-state index contributed by atoms with van der Waals surface area (Å²) in [5, 5.41) is 9.59. The van der Waals surface area contributed by atoms with Gasteiger partial charge in [0.15, 0.2) is 0 Å². The number of amides is 1. The lowest BCUT2D eigenvalue weighted by atomic mass is 10.1. The Morgan fingerprint density at radius 2 is 1.88 bits per heavy atom. The zero-order chi connectivity index (χ0) is 23.3. The summed E-state index contributed by atoms with van der Waals surface area (Å²) in [4.78, 5) is 19.2. The Morgan fingerprint density at radius 1 is 1.12 bits per heavy atom. The second kappa shape index (κ2) is 9.90. The number of hydrogen-bond donors (Lipinski definition) is 3. The number of piperidine rings is 1. The smallest absolute Gasteiger partial charge is 0.261 e. The number of aromatic amines is 1. The van der Waals surface area contributed by atoms with E-state index in [2.05, 4.69) is 30.1 Å². The number of hydrogen-bond acceptors (Lipinski definition) is 7. The fourth-order valence-corrected chi connectivity index (χ4v) is 4.59. The van der Waals surface area contributed by atoms with E-state index in [-0.39, 0.29) is 22.1 Å². The van der Waals surface area contributed by atoms with Crippen molar-refractivity contribution in [1.29, 1.82) is 0 Å². The van der Waals surface area contributed by atoms with E-state index in [0.29, 0.717) is 18.3 Å². The van der Waals surface area contributed by atoms with Crippen molar-refractivity contribution in [2.24, 2.45) is 0 Å². The predicted molar refractivity (Wildman–Crippen MR) is 125 cm³/mol. The van der Waals surface area contributed by atoms with Crippen LogP contribution in [0.2, 0.25) is 0 Å². The van der Waals surface area contributed by atoms with Gasteiger partial charge in [0.1, 0.15) is 5.75 Å². The van der Waals surface area contributed by atoms with Crippen molar-refractivity contribution in [3.05, 3.63) is 54.1 Å². The SMILES string of the molecule is CCOc1ccc(S(=O)(=O)Nc2cccc(C(=O)Nc3nc(N4CCCCC4)n[nH]3)c2)cc1. The van der Waals surface area contributed by atoms with Gasteiger partial charge in [-0.1, -0.05) is 6.07 Å². The van der Waals surface area contributed by atoms with Crippen LogP contribution in [0.1, 0.15) is 36.5 Å². The molecule has 1 aliphatic heterocycles. The lowest BCUT2D eigenvalue weighted by molar-refractivity contribution is 0.102. The van der Waals surface area contributed by atoms with Crippen LogP contribution in [0, 0.1) is 0 Å². The molecule has 4 rings (SSSR count). The molecule has 174 valence electrons. The van der Waals surface area contributed by atoms with Crippen LogP contribution >= 0.6 is 0 Å². The number of nitrogens with one attached hydrogen (secondary N) is 3.